The molecule has 0 bridgehead atoms. The van der Waals surface area contributed by atoms with Gasteiger partial charge in [0.25, 0.3) is 5.91 Å². The van der Waals surface area contributed by atoms with E-state index in [1.807, 2.05) is 24.4 Å². The fourth-order valence-electron chi connectivity index (χ4n) is 3.13. The molecule has 0 unspecified atom stereocenters. The third kappa shape index (κ3) is 3.36. The summed E-state index contributed by atoms with van der Waals surface area (Å²) in [6.45, 7) is 7.78. The van der Waals surface area contributed by atoms with Gasteiger partial charge in [-0.25, -0.2) is 5.01 Å². The van der Waals surface area contributed by atoms with Gasteiger partial charge in [0.1, 0.15) is 0 Å². The molecule has 0 N–H and O–H groups in total. The third-order valence-corrected chi connectivity index (χ3v) is 4.54. The first-order valence-electron chi connectivity index (χ1n) is 8.12. The fraction of sp³-hybridized carbons (Fsp3) is 0.529. The van der Waals surface area contributed by atoms with Crippen LogP contribution >= 0.6 is 0 Å². The quantitative estimate of drug-likeness (QED) is 0.847. The van der Waals surface area contributed by atoms with Gasteiger partial charge in [-0.2, -0.15) is 5.10 Å². The van der Waals surface area contributed by atoms with Gasteiger partial charge in [-0.05, 0) is 12.1 Å². The molecular weight excluding hydrogens is 276 g/mol. The highest BCUT2D eigenvalue weighted by atomic mass is 16.2. The monoisotopic (exact) mass is 300 g/mol. The molecule has 3 rings (SSSR count). The van der Waals surface area contributed by atoms with E-state index in [0.29, 0.717) is 6.54 Å². The molecule has 118 valence electrons. The molecule has 2 aliphatic heterocycles. The molecule has 1 atom stereocenters. The Morgan fingerprint density at radius 2 is 1.82 bits per heavy atom. The molecule has 0 spiro atoms. The van der Waals surface area contributed by atoms with Crippen LogP contribution in [0, 0.1) is 0 Å². The van der Waals surface area contributed by atoms with Crippen molar-refractivity contribution in [3.05, 3.63) is 35.9 Å². The zero-order chi connectivity index (χ0) is 15.4. The maximum atomic E-state index is 12.6. The lowest BCUT2D eigenvalue weighted by molar-refractivity contribution is -0.134. The topological polar surface area (TPSA) is 39.1 Å². The molecule has 0 aliphatic carbocycles. The minimum absolute atomic E-state index is 0.0608. The van der Waals surface area contributed by atoms with Crippen LogP contribution < -0.4 is 0 Å². The van der Waals surface area contributed by atoms with E-state index in [-0.39, 0.29) is 11.9 Å². The molecule has 0 aromatic heterocycles. The summed E-state index contributed by atoms with van der Waals surface area (Å²) in [5.41, 5.74) is 1.16. The number of piperazine rings is 1. The summed E-state index contributed by atoms with van der Waals surface area (Å²) in [5.74, 6) is 0.104. The van der Waals surface area contributed by atoms with Crippen molar-refractivity contribution < 1.29 is 4.79 Å². The Bertz CT molecular complexity index is 523. The summed E-state index contributed by atoms with van der Waals surface area (Å²) in [6, 6.07) is 10.2. The summed E-state index contributed by atoms with van der Waals surface area (Å²) in [4.78, 5) is 17.3. The Morgan fingerprint density at radius 3 is 2.50 bits per heavy atom. The normalized spacial score (nSPS) is 23.1. The van der Waals surface area contributed by atoms with E-state index in [1.165, 1.54) is 0 Å². The average molecular weight is 300 g/mol. The summed E-state index contributed by atoms with van der Waals surface area (Å²) in [5, 5.41) is 5.98. The van der Waals surface area contributed by atoms with Crippen LogP contribution in [0.4, 0.5) is 0 Å². The Morgan fingerprint density at radius 1 is 1.14 bits per heavy atom. The zero-order valence-corrected chi connectivity index (χ0v) is 13.2. The molecule has 5 heteroatoms. The zero-order valence-electron chi connectivity index (χ0n) is 13.2. The van der Waals surface area contributed by atoms with Crippen molar-refractivity contribution in [1.29, 1.82) is 0 Å². The first-order valence-corrected chi connectivity index (χ1v) is 8.12. The number of benzene rings is 1. The van der Waals surface area contributed by atoms with Crippen molar-refractivity contribution in [2.75, 3.05) is 39.3 Å². The van der Waals surface area contributed by atoms with E-state index < -0.39 is 0 Å². The Hall–Kier alpha value is -1.72. The molecule has 22 heavy (non-hydrogen) atoms. The summed E-state index contributed by atoms with van der Waals surface area (Å²) in [6.07, 6.45) is 2.66. The number of rotatable bonds is 4. The first-order chi connectivity index (χ1) is 10.8. The lowest BCUT2D eigenvalue weighted by Gasteiger charge is -2.34. The van der Waals surface area contributed by atoms with Crippen molar-refractivity contribution in [1.82, 2.24) is 14.8 Å². The van der Waals surface area contributed by atoms with Crippen molar-refractivity contribution >= 4 is 12.1 Å². The molecule has 0 saturated carbocycles. The maximum Gasteiger partial charge on any atom is 0.257 e. The highest BCUT2D eigenvalue weighted by Gasteiger charge is 2.29. The molecule has 1 saturated heterocycles. The SMILES string of the molecule is CCN1CCN(CC(=O)N2N=CC[C@H]2c2ccccc2)CC1. The number of carbonyl (C=O) groups excluding carboxylic acids is 1. The lowest BCUT2D eigenvalue weighted by atomic mass is 10.0. The van der Waals surface area contributed by atoms with Gasteiger partial charge in [0.2, 0.25) is 0 Å². The Balaban J connectivity index is 1.59. The maximum absolute atomic E-state index is 12.6. The smallest absolute Gasteiger partial charge is 0.257 e. The second kappa shape index (κ2) is 7.03. The Labute approximate surface area is 132 Å². The van der Waals surface area contributed by atoms with Crippen molar-refractivity contribution in [3.63, 3.8) is 0 Å². The van der Waals surface area contributed by atoms with Crippen molar-refractivity contribution in [3.8, 4) is 0 Å². The number of nitrogens with zero attached hydrogens (tertiary/aromatic N) is 4. The number of amides is 1. The second-order valence-electron chi connectivity index (χ2n) is 5.91. The van der Waals surface area contributed by atoms with Crippen LogP contribution in [0.25, 0.3) is 0 Å². The van der Waals surface area contributed by atoms with Crippen LogP contribution in [0.1, 0.15) is 24.9 Å². The first kappa shape index (κ1) is 15.2. The molecule has 2 heterocycles. The van der Waals surface area contributed by atoms with Gasteiger partial charge in [-0.1, -0.05) is 37.3 Å². The molecular formula is C17H24N4O. The van der Waals surface area contributed by atoms with E-state index in [9.17, 15) is 4.79 Å². The molecule has 1 aromatic carbocycles. The molecule has 0 radical (unpaired) electrons. The third-order valence-electron chi connectivity index (χ3n) is 4.54. The van der Waals surface area contributed by atoms with E-state index >= 15 is 0 Å². The predicted molar refractivity (Wildman–Crippen MR) is 87.7 cm³/mol. The van der Waals surface area contributed by atoms with Gasteiger partial charge in [0.15, 0.2) is 0 Å². The molecule has 1 aromatic rings. The van der Waals surface area contributed by atoms with E-state index in [4.69, 9.17) is 0 Å². The molecule has 1 amide bonds. The minimum Gasteiger partial charge on any atom is -0.301 e. The van der Waals surface area contributed by atoms with E-state index in [0.717, 1.165) is 44.7 Å². The molecule has 1 fully saturated rings. The van der Waals surface area contributed by atoms with E-state index in [2.05, 4.69) is 34.0 Å². The molecule has 2 aliphatic rings. The van der Waals surface area contributed by atoms with Gasteiger partial charge in [-0.3, -0.25) is 9.69 Å². The number of likely N-dealkylation sites (N-methyl/N-ethyl adjacent to an activating group) is 1. The van der Waals surface area contributed by atoms with Crippen LogP contribution in [0.2, 0.25) is 0 Å². The largest absolute Gasteiger partial charge is 0.301 e. The van der Waals surface area contributed by atoms with Gasteiger partial charge < -0.3 is 4.90 Å². The minimum atomic E-state index is 0.0608. The second-order valence-corrected chi connectivity index (χ2v) is 5.91. The predicted octanol–water partition coefficient (Wildman–Crippen LogP) is 1.58. The van der Waals surface area contributed by atoms with Crippen LogP contribution in [-0.4, -0.2) is 66.2 Å². The number of hydrogen-bond acceptors (Lipinski definition) is 4. The van der Waals surface area contributed by atoms with Gasteiger partial charge in [0, 0.05) is 38.8 Å². The Kier molecular flexibility index (Phi) is 4.85. The van der Waals surface area contributed by atoms with Gasteiger partial charge in [0.05, 0.1) is 12.6 Å². The van der Waals surface area contributed by atoms with Crippen molar-refractivity contribution in [2.45, 2.75) is 19.4 Å². The summed E-state index contributed by atoms with van der Waals surface area (Å²) in [7, 11) is 0. The highest BCUT2D eigenvalue weighted by Crippen LogP contribution is 2.28. The van der Waals surface area contributed by atoms with Crippen LogP contribution in [0.3, 0.4) is 0 Å². The van der Waals surface area contributed by atoms with Crippen LogP contribution in [-0.2, 0) is 4.79 Å². The van der Waals surface area contributed by atoms with Crippen molar-refractivity contribution in [2.24, 2.45) is 5.10 Å². The standard InChI is InChI=1S/C17H24N4O/c1-2-19-10-12-20(13-11-19)14-17(22)21-16(8-9-18-21)15-6-4-3-5-7-15/h3-7,9,16H,2,8,10-14H2,1H3/t16-/m0/s1. The van der Waals surface area contributed by atoms with Crippen LogP contribution in [0.5, 0.6) is 0 Å². The average Bonchev–Trinajstić information content (AvgIpc) is 3.06. The van der Waals surface area contributed by atoms with Crippen LogP contribution in [0.15, 0.2) is 35.4 Å². The van der Waals surface area contributed by atoms with Gasteiger partial charge in [-0.15, -0.1) is 0 Å². The highest BCUT2D eigenvalue weighted by molar-refractivity contribution is 5.81. The van der Waals surface area contributed by atoms with Gasteiger partial charge >= 0.3 is 0 Å². The summed E-state index contributed by atoms with van der Waals surface area (Å²) < 4.78 is 0. The van der Waals surface area contributed by atoms with E-state index in [1.54, 1.807) is 5.01 Å². The molecule has 5 nitrogen and oxygen atoms in total. The number of hydrazone groups is 1. The number of carbonyl (C=O) groups is 1. The summed E-state index contributed by atoms with van der Waals surface area (Å²) >= 11 is 0. The lowest BCUT2D eigenvalue weighted by Crippen LogP contribution is -2.49. The number of hydrogen-bond donors (Lipinski definition) is 0. The fourth-order valence-corrected chi connectivity index (χ4v) is 3.13.